The largest absolute Gasteiger partial charge is 0.370 e. The lowest BCUT2D eigenvalue weighted by atomic mass is 9.93. The maximum atomic E-state index is 13.0. The number of hydrogen-bond acceptors (Lipinski definition) is 7. The Hall–Kier alpha value is -4.69. The summed E-state index contributed by atoms with van der Waals surface area (Å²) in [5.41, 5.74) is 17.3. The van der Waals surface area contributed by atoms with Crippen LogP contribution in [-0.4, -0.2) is 114 Å². The molecule has 2 saturated heterocycles. The van der Waals surface area contributed by atoms with Crippen LogP contribution in [0.25, 0.3) is 0 Å². The molecule has 3 rings (SSSR count). The van der Waals surface area contributed by atoms with Crippen LogP contribution in [0.5, 0.6) is 0 Å². The number of aliphatic imine (C=N–C) groups is 1. The quantitative estimate of drug-likeness (QED) is 0.0562. The number of nitrogens with zero attached hydrogens (tertiary/aromatic N) is 4. The van der Waals surface area contributed by atoms with Crippen LogP contribution in [-0.2, 0) is 30.4 Å². The molecular formula is C29H44N10O5. The van der Waals surface area contributed by atoms with Crippen molar-refractivity contribution in [2.24, 2.45) is 28.1 Å². The average molecular weight is 613 g/mol. The third kappa shape index (κ3) is 10.9. The number of benzene rings is 1. The summed E-state index contributed by atoms with van der Waals surface area (Å²) >= 11 is 0. The van der Waals surface area contributed by atoms with E-state index in [1.807, 2.05) is 35.2 Å². The molecule has 240 valence electrons. The third-order valence-electron chi connectivity index (χ3n) is 7.82. The molecule has 2 fully saturated rings. The lowest BCUT2D eigenvalue weighted by Gasteiger charge is -2.36. The van der Waals surface area contributed by atoms with Gasteiger partial charge < -0.3 is 42.5 Å². The molecule has 0 unspecified atom stereocenters. The molecule has 4 amide bonds. The first-order valence-corrected chi connectivity index (χ1v) is 14.9. The molecule has 2 aliphatic rings. The highest BCUT2D eigenvalue weighted by Gasteiger charge is 2.33. The number of nitrogens with one attached hydrogen (secondary N) is 3. The molecule has 0 saturated carbocycles. The number of piperidine rings is 1. The minimum atomic E-state index is -1.16. The van der Waals surface area contributed by atoms with Gasteiger partial charge in [-0.25, -0.2) is 0 Å². The summed E-state index contributed by atoms with van der Waals surface area (Å²) in [4.78, 5) is 72.5. The molecular weight excluding hydrogens is 568 g/mol. The second-order valence-corrected chi connectivity index (χ2v) is 11.1. The van der Waals surface area contributed by atoms with E-state index in [0.29, 0.717) is 38.4 Å². The third-order valence-corrected chi connectivity index (χ3v) is 7.82. The minimum absolute atomic E-state index is 0.0631. The number of amides is 4. The highest BCUT2D eigenvalue weighted by Crippen LogP contribution is 2.21. The van der Waals surface area contributed by atoms with E-state index in [4.69, 9.17) is 22.6 Å². The molecule has 1 aromatic carbocycles. The second-order valence-electron chi connectivity index (χ2n) is 11.1. The fourth-order valence-electron chi connectivity index (χ4n) is 5.25. The van der Waals surface area contributed by atoms with Crippen LogP contribution in [0.4, 0.5) is 0 Å². The fraction of sp³-hybridized carbons (Fsp3) is 0.552. The van der Waals surface area contributed by atoms with E-state index < -0.39 is 30.2 Å². The summed E-state index contributed by atoms with van der Waals surface area (Å²) in [7, 11) is 0. The first-order chi connectivity index (χ1) is 21.0. The lowest BCUT2D eigenvalue weighted by molar-refractivity contribution is -0.151. The van der Waals surface area contributed by atoms with E-state index in [1.54, 1.807) is 0 Å². The van der Waals surface area contributed by atoms with Crippen molar-refractivity contribution < 1.29 is 24.0 Å². The summed E-state index contributed by atoms with van der Waals surface area (Å²) < 4.78 is 0. The molecule has 0 aromatic heterocycles. The van der Waals surface area contributed by atoms with Crippen molar-refractivity contribution in [3.8, 4) is 0 Å². The van der Waals surface area contributed by atoms with Crippen LogP contribution in [0.1, 0.15) is 37.7 Å². The van der Waals surface area contributed by atoms with Gasteiger partial charge in [0, 0.05) is 32.7 Å². The summed E-state index contributed by atoms with van der Waals surface area (Å²) in [6.07, 6.45) is 3.40. The standard InChI is InChI=1S/C29H44N10O5/c30-28(31)35-12-4-7-22(26(43)27(44)34-13-8-20-5-2-1-3-6-20)36-23(40)17-39-19-24(41)38(18-25(39)42)16-11-21-9-14-37(15-10-21)29(32)33/h1-3,5-6,21-22H,4,7-19H2,(H3,32,33)(H,34,44)(H,36,40)(H4,30,31,35)/t22-/m0/s1. The van der Waals surface area contributed by atoms with Crippen molar-refractivity contribution >= 4 is 41.3 Å². The van der Waals surface area contributed by atoms with Gasteiger partial charge in [-0.15, -0.1) is 0 Å². The fourth-order valence-corrected chi connectivity index (χ4v) is 5.25. The molecule has 1 atom stereocenters. The number of piperazine rings is 1. The number of Topliss-reactive ketones (excluding diaryl/α,β-unsaturated/α-hetero) is 1. The Morgan fingerprint density at radius 2 is 1.66 bits per heavy atom. The van der Waals surface area contributed by atoms with Gasteiger partial charge in [-0.3, -0.25) is 34.4 Å². The summed E-state index contributed by atoms with van der Waals surface area (Å²) in [5, 5.41) is 12.7. The smallest absolute Gasteiger partial charge is 0.289 e. The Balaban J connectivity index is 1.49. The van der Waals surface area contributed by atoms with Gasteiger partial charge in [-0.2, -0.15) is 0 Å². The number of hydrogen-bond donors (Lipinski definition) is 6. The van der Waals surface area contributed by atoms with E-state index in [-0.39, 0.29) is 56.3 Å². The Kier molecular flexibility index (Phi) is 12.9. The lowest BCUT2D eigenvalue weighted by Crippen LogP contribution is -2.57. The maximum Gasteiger partial charge on any atom is 0.289 e. The first kappa shape index (κ1) is 33.8. The molecule has 2 aliphatic heterocycles. The van der Waals surface area contributed by atoms with E-state index in [1.165, 1.54) is 4.90 Å². The molecule has 9 N–H and O–H groups in total. The zero-order chi connectivity index (χ0) is 32.1. The minimum Gasteiger partial charge on any atom is -0.370 e. The van der Waals surface area contributed by atoms with Gasteiger partial charge in [-0.1, -0.05) is 30.3 Å². The molecule has 1 aromatic rings. The highest BCUT2D eigenvalue weighted by atomic mass is 16.2. The molecule has 0 spiro atoms. The Morgan fingerprint density at radius 1 is 1.00 bits per heavy atom. The number of likely N-dealkylation sites (tertiary alicyclic amines) is 1. The Labute approximate surface area is 257 Å². The number of guanidine groups is 2. The number of carbonyl (C=O) groups is 5. The number of nitrogens with two attached hydrogens (primary N) is 3. The van der Waals surface area contributed by atoms with E-state index in [2.05, 4.69) is 15.6 Å². The van der Waals surface area contributed by atoms with Gasteiger partial charge >= 0.3 is 0 Å². The summed E-state index contributed by atoms with van der Waals surface area (Å²) in [6.45, 7) is 1.45. The zero-order valence-corrected chi connectivity index (χ0v) is 25.0. The normalized spacial score (nSPS) is 16.3. The van der Waals surface area contributed by atoms with Gasteiger partial charge in [0.2, 0.25) is 23.5 Å². The SMILES string of the molecule is N=C(N)N1CCC(CCN2CC(=O)N(CC(=O)N[C@@H](CCCN=C(N)N)C(=O)C(=O)NCCc3ccccc3)CC2=O)CC1. The van der Waals surface area contributed by atoms with E-state index in [0.717, 1.165) is 29.7 Å². The molecule has 0 bridgehead atoms. The Bertz CT molecular complexity index is 1210. The van der Waals surface area contributed by atoms with Crippen LogP contribution >= 0.6 is 0 Å². The Morgan fingerprint density at radius 3 is 2.32 bits per heavy atom. The summed E-state index contributed by atoms with van der Waals surface area (Å²) in [6, 6.07) is 8.31. The van der Waals surface area contributed by atoms with Crippen molar-refractivity contribution in [1.82, 2.24) is 25.3 Å². The van der Waals surface area contributed by atoms with Gasteiger partial charge in [-0.05, 0) is 50.0 Å². The van der Waals surface area contributed by atoms with Gasteiger partial charge in [0.25, 0.3) is 5.91 Å². The van der Waals surface area contributed by atoms with Crippen LogP contribution < -0.4 is 27.8 Å². The topological polar surface area (TPSA) is 233 Å². The molecule has 44 heavy (non-hydrogen) atoms. The van der Waals surface area contributed by atoms with Gasteiger partial charge in [0.1, 0.15) is 13.1 Å². The van der Waals surface area contributed by atoms with E-state index >= 15 is 0 Å². The second kappa shape index (κ2) is 16.8. The molecule has 15 nitrogen and oxygen atoms in total. The molecule has 0 aliphatic carbocycles. The number of carbonyl (C=O) groups excluding carboxylic acids is 5. The monoisotopic (exact) mass is 612 g/mol. The molecule has 15 heteroatoms. The predicted octanol–water partition coefficient (Wildman–Crippen LogP) is -1.88. The highest BCUT2D eigenvalue weighted by molar-refractivity contribution is 6.38. The molecule has 2 heterocycles. The van der Waals surface area contributed by atoms with Crippen molar-refractivity contribution in [3.05, 3.63) is 35.9 Å². The van der Waals surface area contributed by atoms with Crippen molar-refractivity contribution in [1.29, 1.82) is 5.41 Å². The van der Waals surface area contributed by atoms with Gasteiger partial charge in [0.15, 0.2) is 11.9 Å². The predicted molar refractivity (Wildman–Crippen MR) is 164 cm³/mol. The number of rotatable bonds is 15. The average Bonchev–Trinajstić information content (AvgIpc) is 2.99. The maximum absolute atomic E-state index is 13.0. The van der Waals surface area contributed by atoms with Crippen molar-refractivity contribution in [3.63, 3.8) is 0 Å². The van der Waals surface area contributed by atoms with Crippen LogP contribution in [0.2, 0.25) is 0 Å². The number of ketones is 1. The van der Waals surface area contributed by atoms with Crippen LogP contribution in [0, 0.1) is 11.3 Å². The summed E-state index contributed by atoms with van der Waals surface area (Å²) in [5.74, 6) is -2.63. The van der Waals surface area contributed by atoms with E-state index in [9.17, 15) is 24.0 Å². The van der Waals surface area contributed by atoms with Crippen molar-refractivity contribution in [2.75, 3.05) is 52.4 Å². The van der Waals surface area contributed by atoms with Crippen LogP contribution in [0.3, 0.4) is 0 Å². The molecule has 0 radical (unpaired) electrons. The van der Waals surface area contributed by atoms with Crippen LogP contribution in [0.15, 0.2) is 35.3 Å². The zero-order valence-electron chi connectivity index (χ0n) is 25.0. The first-order valence-electron chi connectivity index (χ1n) is 14.9. The van der Waals surface area contributed by atoms with Gasteiger partial charge in [0.05, 0.1) is 12.6 Å². The van der Waals surface area contributed by atoms with Crippen molar-refractivity contribution in [2.45, 2.75) is 44.6 Å².